The second-order valence-electron chi connectivity index (χ2n) is 5.75. The molecule has 3 nitrogen and oxygen atoms in total. The summed E-state index contributed by atoms with van der Waals surface area (Å²) in [7, 11) is 1.78. The van der Waals surface area contributed by atoms with Crippen molar-refractivity contribution in [1.29, 1.82) is 0 Å². The van der Waals surface area contributed by atoms with E-state index in [1.165, 1.54) is 51.6 Å². The minimum absolute atomic E-state index is 0.338. The second-order valence-corrected chi connectivity index (χ2v) is 5.75. The van der Waals surface area contributed by atoms with Gasteiger partial charge in [0.15, 0.2) is 0 Å². The van der Waals surface area contributed by atoms with Crippen molar-refractivity contribution in [3.8, 4) is 0 Å². The minimum atomic E-state index is 0.338. The molecule has 1 atom stereocenters. The molecule has 1 aliphatic carbocycles. The van der Waals surface area contributed by atoms with Crippen LogP contribution in [0.15, 0.2) is 0 Å². The van der Waals surface area contributed by atoms with Crippen molar-refractivity contribution in [2.45, 2.75) is 62.9 Å². The number of ether oxygens (including phenoxy) is 1. The standard InChI is InChI=1S/C14H28N2O/c1-17-12-6-7-13(15)14(8-2-3-9-14)16-10-4-5-11-16/h13H,2-12,15H2,1H3. The van der Waals surface area contributed by atoms with Gasteiger partial charge >= 0.3 is 0 Å². The summed E-state index contributed by atoms with van der Waals surface area (Å²) in [6.07, 6.45) is 10.3. The van der Waals surface area contributed by atoms with Crippen molar-refractivity contribution in [3.05, 3.63) is 0 Å². The van der Waals surface area contributed by atoms with Crippen molar-refractivity contribution in [3.63, 3.8) is 0 Å². The second kappa shape index (κ2) is 6.17. The Labute approximate surface area is 106 Å². The monoisotopic (exact) mass is 240 g/mol. The summed E-state index contributed by atoms with van der Waals surface area (Å²) in [5.74, 6) is 0. The maximum atomic E-state index is 6.54. The Balaban J connectivity index is 1.94. The highest BCUT2D eigenvalue weighted by Gasteiger charge is 2.44. The third kappa shape index (κ3) is 2.83. The lowest BCUT2D eigenvalue weighted by Gasteiger charge is -2.43. The van der Waals surface area contributed by atoms with Crippen LogP contribution in [0, 0.1) is 0 Å². The van der Waals surface area contributed by atoms with Gasteiger partial charge < -0.3 is 10.5 Å². The highest BCUT2D eigenvalue weighted by Crippen LogP contribution is 2.40. The first kappa shape index (κ1) is 13.3. The molecular formula is C14H28N2O. The van der Waals surface area contributed by atoms with Crippen LogP contribution in [0.5, 0.6) is 0 Å². The normalized spacial score (nSPS) is 26.5. The van der Waals surface area contributed by atoms with Gasteiger partial charge in [0, 0.05) is 25.3 Å². The number of methoxy groups -OCH3 is 1. The zero-order chi connectivity index (χ0) is 12.1. The van der Waals surface area contributed by atoms with E-state index in [-0.39, 0.29) is 0 Å². The van der Waals surface area contributed by atoms with Gasteiger partial charge in [-0.3, -0.25) is 4.90 Å². The average Bonchev–Trinajstić information content (AvgIpc) is 3.00. The lowest BCUT2D eigenvalue weighted by atomic mass is 9.84. The molecule has 2 fully saturated rings. The summed E-state index contributed by atoms with van der Waals surface area (Å²) in [5, 5.41) is 0. The molecule has 0 aromatic carbocycles. The van der Waals surface area contributed by atoms with E-state index in [1.807, 2.05) is 0 Å². The molecule has 0 bridgehead atoms. The number of hydrogen-bond donors (Lipinski definition) is 1. The van der Waals surface area contributed by atoms with Gasteiger partial charge in [0.2, 0.25) is 0 Å². The van der Waals surface area contributed by atoms with Crippen LogP contribution in [-0.2, 0) is 4.74 Å². The van der Waals surface area contributed by atoms with E-state index in [9.17, 15) is 0 Å². The van der Waals surface area contributed by atoms with Gasteiger partial charge in [-0.1, -0.05) is 12.8 Å². The highest BCUT2D eigenvalue weighted by atomic mass is 16.5. The Hall–Kier alpha value is -0.120. The molecule has 17 heavy (non-hydrogen) atoms. The zero-order valence-electron chi connectivity index (χ0n) is 11.3. The lowest BCUT2D eigenvalue weighted by Crippen LogP contribution is -2.57. The fourth-order valence-corrected chi connectivity index (χ4v) is 3.79. The quantitative estimate of drug-likeness (QED) is 0.723. The van der Waals surface area contributed by atoms with E-state index in [1.54, 1.807) is 7.11 Å². The number of nitrogens with two attached hydrogens (primary N) is 1. The summed E-state index contributed by atoms with van der Waals surface area (Å²) >= 11 is 0. The van der Waals surface area contributed by atoms with Crippen LogP contribution in [0.4, 0.5) is 0 Å². The van der Waals surface area contributed by atoms with E-state index < -0.39 is 0 Å². The van der Waals surface area contributed by atoms with Crippen molar-refractivity contribution in [2.75, 3.05) is 26.8 Å². The molecule has 0 aromatic rings. The molecule has 100 valence electrons. The van der Waals surface area contributed by atoms with Crippen LogP contribution in [-0.4, -0.2) is 43.3 Å². The van der Waals surface area contributed by atoms with Crippen molar-refractivity contribution in [1.82, 2.24) is 4.90 Å². The maximum absolute atomic E-state index is 6.54. The van der Waals surface area contributed by atoms with Crippen LogP contribution in [0.25, 0.3) is 0 Å². The molecule has 2 N–H and O–H groups in total. The number of nitrogens with zero attached hydrogens (tertiary/aromatic N) is 1. The Morgan fingerprint density at radius 3 is 2.41 bits per heavy atom. The average molecular weight is 240 g/mol. The SMILES string of the molecule is COCCCC(N)C1(N2CCCC2)CCCC1. The van der Waals surface area contributed by atoms with E-state index in [0.717, 1.165) is 19.4 Å². The van der Waals surface area contributed by atoms with Gasteiger partial charge in [0.1, 0.15) is 0 Å². The number of hydrogen-bond acceptors (Lipinski definition) is 3. The molecular weight excluding hydrogens is 212 g/mol. The minimum Gasteiger partial charge on any atom is -0.385 e. The third-order valence-electron chi connectivity index (χ3n) is 4.76. The summed E-state index contributed by atoms with van der Waals surface area (Å²) in [6, 6.07) is 0.346. The molecule has 0 amide bonds. The predicted molar refractivity (Wildman–Crippen MR) is 71.1 cm³/mol. The van der Waals surface area contributed by atoms with Crippen LogP contribution in [0.3, 0.4) is 0 Å². The molecule has 1 heterocycles. The maximum Gasteiger partial charge on any atom is 0.0462 e. The van der Waals surface area contributed by atoms with Crippen molar-refractivity contribution in [2.24, 2.45) is 5.73 Å². The fourth-order valence-electron chi connectivity index (χ4n) is 3.79. The molecule has 0 aromatic heterocycles. The van der Waals surface area contributed by atoms with E-state index in [0.29, 0.717) is 11.6 Å². The van der Waals surface area contributed by atoms with Gasteiger partial charge in [0.05, 0.1) is 0 Å². The van der Waals surface area contributed by atoms with Crippen LogP contribution >= 0.6 is 0 Å². The molecule has 1 saturated carbocycles. The van der Waals surface area contributed by atoms with Crippen molar-refractivity contribution < 1.29 is 4.74 Å². The smallest absolute Gasteiger partial charge is 0.0462 e. The van der Waals surface area contributed by atoms with Gasteiger partial charge in [0.25, 0.3) is 0 Å². The number of rotatable bonds is 6. The van der Waals surface area contributed by atoms with Gasteiger partial charge in [-0.05, 0) is 51.6 Å². The molecule has 1 unspecified atom stereocenters. The largest absolute Gasteiger partial charge is 0.385 e. The Bertz CT molecular complexity index is 220. The topological polar surface area (TPSA) is 38.5 Å². The van der Waals surface area contributed by atoms with E-state index in [2.05, 4.69) is 4.90 Å². The molecule has 1 aliphatic heterocycles. The first-order chi connectivity index (χ1) is 8.29. The first-order valence-corrected chi connectivity index (χ1v) is 7.29. The lowest BCUT2D eigenvalue weighted by molar-refractivity contribution is 0.0834. The van der Waals surface area contributed by atoms with Gasteiger partial charge in [-0.2, -0.15) is 0 Å². The van der Waals surface area contributed by atoms with Crippen LogP contribution in [0.1, 0.15) is 51.4 Å². The van der Waals surface area contributed by atoms with Crippen LogP contribution < -0.4 is 5.73 Å². The van der Waals surface area contributed by atoms with Crippen LogP contribution in [0.2, 0.25) is 0 Å². The van der Waals surface area contributed by atoms with E-state index in [4.69, 9.17) is 10.5 Å². The Morgan fingerprint density at radius 2 is 1.82 bits per heavy atom. The van der Waals surface area contributed by atoms with Crippen molar-refractivity contribution >= 4 is 0 Å². The Kier molecular flexibility index (Phi) is 4.83. The summed E-state index contributed by atoms with van der Waals surface area (Å²) in [6.45, 7) is 3.40. The third-order valence-corrected chi connectivity index (χ3v) is 4.76. The molecule has 3 heteroatoms. The van der Waals surface area contributed by atoms with E-state index >= 15 is 0 Å². The summed E-state index contributed by atoms with van der Waals surface area (Å²) in [4.78, 5) is 2.71. The molecule has 0 radical (unpaired) electrons. The highest BCUT2D eigenvalue weighted by molar-refractivity contribution is 5.03. The molecule has 0 spiro atoms. The predicted octanol–water partition coefficient (Wildman–Crippen LogP) is 2.15. The number of likely N-dealkylation sites (tertiary alicyclic amines) is 1. The molecule has 2 rings (SSSR count). The van der Waals surface area contributed by atoms with Gasteiger partial charge in [-0.25, -0.2) is 0 Å². The summed E-state index contributed by atoms with van der Waals surface area (Å²) < 4.78 is 5.14. The van der Waals surface area contributed by atoms with Gasteiger partial charge in [-0.15, -0.1) is 0 Å². The molecule has 1 saturated heterocycles. The first-order valence-electron chi connectivity index (χ1n) is 7.29. The molecule has 2 aliphatic rings. The zero-order valence-corrected chi connectivity index (χ0v) is 11.3. The fraction of sp³-hybridized carbons (Fsp3) is 1.00. The summed E-state index contributed by atoms with van der Waals surface area (Å²) in [5.41, 5.74) is 6.87. The Morgan fingerprint density at radius 1 is 1.18 bits per heavy atom.